The molecule has 0 aliphatic heterocycles. The van der Waals surface area contributed by atoms with E-state index < -0.39 is 0 Å². The van der Waals surface area contributed by atoms with Crippen LogP contribution in [0, 0.1) is 13.8 Å². The Balaban J connectivity index is 1.48. The Hall–Kier alpha value is -3.93. The van der Waals surface area contributed by atoms with Crippen molar-refractivity contribution in [3.8, 4) is 22.4 Å². The Morgan fingerprint density at radius 1 is 0.862 bits per heavy atom. The fourth-order valence-electron chi connectivity index (χ4n) is 3.06. The van der Waals surface area contributed by atoms with Crippen LogP contribution in [-0.2, 0) is 0 Å². The van der Waals surface area contributed by atoms with Gasteiger partial charge in [-0.25, -0.2) is 4.79 Å². The van der Waals surface area contributed by atoms with Crippen LogP contribution in [0.5, 0.6) is 0 Å². The summed E-state index contributed by atoms with van der Waals surface area (Å²) in [7, 11) is 0. The van der Waals surface area contributed by atoms with Gasteiger partial charge in [0.15, 0.2) is 5.76 Å². The van der Waals surface area contributed by atoms with Crippen molar-refractivity contribution in [3.63, 3.8) is 0 Å². The van der Waals surface area contributed by atoms with E-state index in [-0.39, 0.29) is 6.03 Å². The van der Waals surface area contributed by atoms with Crippen LogP contribution in [0.2, 0.25) is 0 Å². The molecular weight excluding hydrogens is 364 g/mol. The molecular formula is C23H20N4O2. The Morgan fingerprint density at radius 3 is 2.34 bits per heavy atom. The van der Waals surface area contributed by atoms with Crippen molar-refractivity contribution in [2.24, 2.45) is 0 Å². The molecule has 0 radical (unpaired) electrons. The fourth-order valence-corrected chi connectivity index (χ4v) is 3.06. The van der Waals surface area contributed by atoms with Crippen molar-refractivity contribution in [3.05, 3.63) is 84.4 Å². The summed E-state index contributed by atoms with van der Waals surface area (Å²) >= 11 is 0. The van der Waals surface area contributed by atoms with Gasteiger partial charge in [-0.05, 0) is 49.2 Å². The molecule has 0 saturated carbocycles. The molecule has 2 N–H and O–H groups in total. The number of anilines is 2. The van der Waals surface area contributed by atoms with Crippen LogP contribution < -0.4 is 10.6 Å². The lowest BCUT2D eigenvalue weighted by Crippen LogP contribution is -2.20. The highest BCUT2D eigenvalue weighted by atomic mass is 16.5. The zero-order chi connectivity index (χ0) is 20.2. The normalized spacial score (nSPS) is 10.6. The smallest absolute Gasteiger partial charge is 0.323 e. The van der Waals surface area contributed by atoms with Gasteiger partial charge in [-0.15, -0.1) is 0 Å². The molecule has 2 amide bonds. The largest absolute Gasteiger partial charge is 0.359 e. The average molecular weight is 384 g/mol. The number of aromatic nitrogens is 2. The summed E-state index contributed by atoms with van der Waals surface area (Å²) in [6, 6.07) is 20.9. The van der Waals surface area contributed by atoms with Gasteiger partial charge in [-0.2, -0.15) is 0 Å². The van der Waals surface area contributed by atoms with E-state index in [9.17, 15) is 4.79 Å². The molecule has 0 aliphatic rings. The average Bonchev–Trinajstić information content (AvgIpc) is 3.09. The van der Waals surface area contributed by atoms with Gasteiger partial charge >= 0.3 is 6.03 Å². The van der Waals surface area contributed by atoms with E-state index >= 15 is 0 Å². The summed E-state index contributed by atoms with van der Waals surface area (Å²) in [6.07, 6.45) is 1.79. The number of hydrogen-bond acceptors (Lipinski definition) is 4. The Morgan fingerprint density at radius 2 is 1.62 bits per heavy atom. The van der Waals surface area contributed by atoms with Crippen LogP contribution in [0.4, 0.5) is 16.2 Å². The van der Waals surface area contributed by atoms with Gasteiger partial charge < -0.3 is 15.2 Å². The predicted octanol–water partition coefficient (Wildman–Crippen LogP) is 5.66. The van der Waals surface area contributed by atoms with Gasteiger partial charge in [-0.3, -0.25) is 4.98 Å². The number of nitrogens with one attached hydrogen (secondary N) is 2. The molecule has 4 aromatic rings. The molecule has 0 saturated heterocycles. The Bertz CT molecular complexity index is 1140. The quantitative estimate of drug-likeness (QED) is 0.475. The standard InChI is InChI=1S/C23H20N4O2/c1-15-14-19(12-13-24-15)17-8-10-20(11-9-17)25-23(28)26-21-16(2)29-27-22(21)18-6-4-3-5-7-18/h3-14H,1-2H3,(H2,25,26,28). The van der Waals surface area contributed by atoms with Crippen LogP contribution in [0.15, 0.2) is 77.4 Å². The topological polar surface area (TPSA) is 80.0 Å². The first kappa shape index (κ1) is 18.4. The molecule has 2 aromatic carbocycles. The number of carbonyl (C=O) groups is 1. The molecule has 2 aromatic heterocycles. The number of amides is 2. The molecule has 0 spiro atoms. The third kappa shape index (κ3) is 4.16. The summed E-state index contributed by atoms with van der Waals surface area (Å²) in [5.41, 5.74) is 5.81. The second kappa shape index (κ2) is 7.98. The SMILES string of the molecule is Cc1cc(-c2ccc(NC(=O)Nc3c(-c4ccccc4)noc3C)cc2)ccn1. The van der Waals surface area contributed by atoms with Gasteiger partial charge in [0.1, 0.15) is 11.4 Å². The third-order valence-electron chi connectivity index (χ3n) is 4.52. The number of aryl methyl sites for hydroxylation is 2. The molecule has 0 atom stereocenters. The first-order valence-corrected chi connectivity index (χ1v) is 9.23. The van der Waals surface area contributed by atoms with Crippen LogP contribution >= 0.6 is 0 Å². The highest BCUT2D eigenvalue weighted by Gasteiger charge is 2.17. The summed E-state index contributed by atoms with van der Waals surface area (Å²) in [4.78, 5) is 16.7. The lowest BCUT2D eigenvalue weighted by Gasteiger charge is -2.09. The number of pyridine rings is 1. The molecule has 0 aliphatic carbocycles. The van der Waals surface area contributed by atoms with Crippen LogP contribution in [-0.4, -0.2) is 16.2 Å². The number of carbonyl (C=O) groups excluding carboxylic acids is 1. The van der Waals surface area contributed by atoms with E-state index in [2.05, 4.69) is 20.8 Å². The first-order valence-electron chi connectivity index (χ1n) is 9.23. The minimum atomic E-state index is -0.360. The minimum Gasteiger partial charge on any atom is -0.359 e. The summed E-state index contributed by atoms with van der Waals surface area (Å²) in [5.74, 6) is 0.544. The van der Waals surface area contributed by atoms with E-state index in [0.717, 1.165) is 22.4 Å². The molecule has 29 heavy (non-hydrogen) atoms. The number of hydrogen-bond donors (Lipinski definition) is 2. The van der Waals surface area contributed by atoms with Crippen molar-refractivity contribution < 1.29 is 9.32 Å². The summed E-state index contributed by atoms with van der Waals surface area (Å²) < 4.78 is 5.28. The maximum atomic E-state index is 12.5. The second-order valence-electron chi connectivity index (χ2n) is 6.67. The minimum absolute atomic E-state index is 0.360. The predicted molar refractivity (Wildman–Crippen MR) is 114 cm³/mol. The fraction of sp³-hybridized carbons (Fsp3) is 0.0870. The Labute approximate surface area is 168 Å². The third-order valence-corrected chi connectivity index (χ3v) is 4.52. The van der Waals surface area contributed by atoms with Crippen LogP contribution in [0.3, 0.4) is 0 Å². The summed E-state index contributed by atoms with van der Waals surface area (Å²) in [6.45, 7) is 3.72. The van der Waals surface area contributed by atoms with E-state index in [1.165, 1.54) is 0 Å². The Kier molecular flexibility index (Phi) is 5.07. The van der Waals surface area contributed by atoms with E-state index in [1.807, 2.05) is 73.7 Å². The van der Waals surface area contributed by atoms with Crippen LogP contribution in [0.25, 0.3) is 22.4 Å². The maximum Gasteiger partial charge on any atom is 0.323 e. The zero-order valence-electron chi connectivity index (χ0n) is 16.1. The van der Waals surface area contributed by atoms with Gasteiger partial charge in [0.25, 0.3) is 0 Å². The van der Waals surface area contributed by atoms with E-state index in [4.69, 9.17) is 4.52 Å². The lowest BCUT2D eigenvalue weighted by molar-refractivity contribution is 0.262. The monoisotopic (exact) mass is 384 g/mol. The maximum absolute atomic E-state index is 12.5. The van der Waals surface area contributed by atoms with Crippen molar-refractivity contribution in [2.45, 2.75) is 13.8 Å². The molecule has 2 heterocycles. The van der Waals surface area contributed by atoms with Crippen LogP contribution in [0.1, 0.15) is 11.5 Å². The van der Waals surface area contributed by atoms with Crippen molar-refractivity contribution in [1.82, 2.24) is 10.1 Å². The van der Waals surface area contributed by atoms with Crippen molar-refractivity contribution in [1.29, 1.82) is 0 Å². The number of benzene rings is 2. The molecule has 144 valence electrons. The highest BCUT2D eigenvalue weighted by Crippen LogP contribution is 2.30. The van der Waals surface area contributed by atoms with Gasteiger partial charge in [0.2, 0.25) is 0 Å². The molecule has 0 unspecified atom stereocenters. The molecule has 6 heteroatoms. The van der Waals surface area contributed by atoms with E-state index in [1.54, 1.807) is 13.1 Å². The number of nitrogens with zero attached hydrogens (tertiary/aromatic N) is 2. The van der Waals surface area contributed by atoms with Gasteiger partial charge in [0.05, 0.1) is 0 Å². The second-order valence-corrected chi connectivity index (χ2v) is 6.67. The van der Waals surface area contributed by atoms with Gasteiger partial charge in [0, 0.05) is 23.1 Å². The van der Waals surface area contributed by atoms with Gasteiger partial charge in [-0.1, -0.05) is 47.6 Å². The van der Waals surface area contributed by atoms with E-state index in [0.29, 0.717) is 22.8 Å². The lowest BCUT2D eigenvalue weighted by atomic mass is 10.1. The molecule has 0 bridgehead atoms. The number of urea groups is 1. The molecule has 6 nitrogen and oxygen atoms in total. The highest BCUT2D eigenvalue weighted by molar-refractivity contribution is 6.02. The number of rotatable bonds is 4. The molecule has 4 rings (SSSR count). The summed E-state index contributed by atoms with van der Waals surface area (Å²) in [5, 5.41) is 9.77. The first-order chi connectivity index (χ1) is 14.1. The van der Waals surface area contributed by atoms with Crippen molar-refractivity contribution in [2.75, 3.05) is 10.6 Å². The molecule has 0 fully saturated rings. The van der Waals surface area contributed by atoms with Crippen molar-refractivity contribution >= 4 is 17.4 Å². The zero-order valence-corrected chi connectivity index (χ0v) is 16.1.